The van der Waals surface area contributed by atoms with E-state index in [0.717, 1.165) is 19.3 Å². The Kier molecular flexibility index (Phi) is 3.40. The summed E-state index contributed by atoms with van der Waals surface area (Å²) in [6, 6.07) is 0.569. The average Bonchev–Trinajstić information content (AvgIpc) is 2.91. The summed E-state index contributed by atoms with van der Waals surface area (Å²) in [7, 11) is 0. The van der Waals surface area contributed by atoms with Crippen molar-refractivity contribution in [1.29, 1.82) is 0 Å². The molecule has 0 bridgehead atoms. The topological polar surface area (TPSA) is 71.8 Å². The molecule has 2 N–H and O–H groups in total. The van der Waals surface area contributed by atoms with Crippen LogP contribution in [0.15, 0.2) is 6.33 Å². The molecule has 0 aromatic carbocycles. The largest absolute Gasteiger partial charge is 0.335 e. The molecule has 1 aromatic heterocycles. The molecule has 6 heteroatoms. The highest BCUT2D eigenvalue weighted by Crippen LogP contribution is 2.29. The summed E-state index contributed by atoms with van der Waals surface area (Å²) in [5.74, 6) is 0.995. The molecule has 0 spiro atoms. The highest BCUT2D eigenvalue weighted by molar-refractivity contribution is 5.87. The van der Waals surface area contributed by atoms with Crippen LogP contribution >= 0.6 is 0 Å². The van der Waals surface area contributed by atoms with Gasteiger partial charge in [-0.05, 0) is 25.2 Å². The van der Waals surface area contributed by atoms with Gasteiger partial charge in [0.05, 0.1) is 6.04 Å². The molecule has 2 aliphatic carbocycles. The van der Waals surface area contributed by atoms with E-state index in [1.54, 1.807) is 6.33 Å². The van der Waals surface area contributed by atoms with Crippen LogP contribution in [0.4, 0.5) is 10.7 Å². The van der Waals surface area contributed by atoms with Crippen molar-refractivity contribution in [2.45, 2.75) is 57.5 Å². The molecule has 1 aromatic rings. The van der Waals surface area contributed by atoms with E-state index in [1.165, 1.54) is 19.3 Å². The van der Waals surface area contributed by atoms with Crippen molar-refractivity contribution in [2.75, 3.05) is 5.32 Å². The van der Waals surface area contributed by atoms with Crippen molar-refractivity contribution in [1.82, 2.24) is 20.1 Å². The smallest absolute Gasteiger partial charge is 0.321 e. The molecule has 0 radical (unpaired) electrons. The predicted molar refractivity (Wildman–Crippen MR) is 71.9 cm³/mol. The van der Waals surface area contributed by atoms with E-state index in [4.69, 9.17) is 0 Å². The molecular weight excluding hydrogens is 242 g/mol. The van der Waals surface area contributed by atoms with E-state index in [2.05, 4.69) is 27.6 Å². The molecule has 104 valence electrons. The van der Waals surface area contributed by atoms with Gasteiger partial charge in [-0.2, -0.15) is 0 Å². The third kappa shape index (κ3) is 3.05. The van der Waals surface area contributed by atoms with Gasteiger partial charge in [-0.25, -0.2) is 14.5 Å². The van der Waals surface area contributed by atoms with Crippen LogP contribution in [0.2, 0.25) is 0 Å². The van der Waals surface area contributed by atoms with Crippen molar-refractivity contribution in [3.8, 4) is 0 Å². The molecule has 2 aliphatic rings. The number of rotatable bonds is 3. The maximum Gasteiger partial charge on any atom is 0.321 e. The van der Waals surface area contributed by atoms with Crippen LogP contribution in [0, 0.1) is 5.92 Å². The molecule has 2 fully saturated rings. The number of carbonyl (C=O) groups is 1. The lowest BCUT2D eigenvalue weighted by atomic mass is 9.96. The summed E-state index contributed by atoms with van der Waals surface area (Å²) >= 11 is 0. The number of nitrogens with one attached hydrogen (secondary N) is 2. The summed E-state index contributed by atoms with van der Waals surface area (Å²) < 4.78 is 1.90. The standard InChI is InChI=1S/C13H21N5O/c1-9-7-11(9)15-13(19)16-12-14-8-18(17-12)10-5-3-2-4-6-10/h8-11H,2-7H2,1H3,(H2,15,16,17,19)/t9-,11-/m1/s1. The van der Waals surface area contributed by atoms with Crippen molar-refractivity contribution >= 4 is 12.0 Å². The zero-order valence-corrected chi connectivity index (χ0v) is 11.3. The number of carbonyl (C=O) groups excluding carboxylic acids is 1. The molecule has 2 atom stereocenters. The molecular formula is C13H21N5O. The summed E-state index contributed by atoms with van der Waals surface area (Å²) in [4.78, 5) is 15.8. The van der Waals surface area contributed by atoms with Crippen molar-refractivity contribution in [3.05, 3.63) is 6.33 Å². The van der Waals surface area contributed by atoms with Crippen molar-refractivity contribution in [3.63, 3.8) is 0 Å². The second kappa shape index (κ2) is 5.19. The van der Waals surface area contributed by atoms with Crippen LogP contribution in [0.5, 0.6) is 0 Å². The first kappa shape index (κ1) is 12.4. The van der Waals surface area contributed by atoms with Gasteiger partial charge < -0.3 is 5.32 Å². The summed E-state index contributed by atoms with van der Waals surface area (Å²) in [6.45, 7) is 2.13. The normalized spacial score (nSPS) is 27.0. The number of nitrogens with zero attached hydrogens (tertiary/aromatic N) is 3. The van der Waals surface area contributed by atoms with Crippen LogP contribution in [-0.2, 0) is 0 Å². The first-order valence-corrected chi connectivity index (χ1v) is 7.21. The number of amides is 2. The lowest BCUT2D eigenvalue weighted by Gasteiger charge is -2.21. The molecule has 0 aliphatic heterocycles. The molecule has 3 rings (SSSR count). The zero-order chi connectivity index (χ0) is 13.2. The zero-order valence-electron chi connectivity index (χ0n) is 11.3. The SMILES string of the molecule is C[C@@H]1C[C@H]1NC(=O)Nc1ncn(C2CCCCC2)n1. The van der Waals surface area contributed by atoms with Gasteiger partial charge in [0.15, 0.2) is 0 Å². The number of aromatic nitrogens is 3. The van der Waals surface area contributed by atoms with E-state index >= 15 is 0 Å². The van der Waals surface area contributed by atoms with E-state index in [0.29, 0.717) is 23.9 Å². The molecule has 1 heterocycles. The molecule has 19 heavy (non-hydrogen) atoms. The van der Waals surface area contributed by atoms with Crippen LogP contribution < -0.4 is 10.6 Å². The van der Waals surface area contributed by atoms with Gasteiger partial charge in [-0.1, -0.05) is 26.2 Å². The monoisotopic (exact) mass is 263 g/mol. The van der Waals surface area contributed by atoms with Gasteiger partial charge in [0.1, 0.15) is 6.33 Å². The number of urea groups is 1. The first-order valence-electron chi connectivity index (χ1n) is 7.21. The van der Waals surface area contributed by atoms with Gasteiger partial charge in [0, 0.05) is 6.04 Å². The third-order valence-corrected chi connectivity index (χ3v) is 4.11. The van der Waals surface area contributed by atoms with E-state index in [9.17, 15) is 4.79 Å². The van der Waals surface area contributed by atoms with Gasteiger partial charge in [-0.3, -0.25) is 5.32 Å². The number of anilines is 1. The minimum Gasteiger partial charge on any atom is -0.335 e. The van der Waals surface area contributed by atoms with Crippen molar-refractivity contribution in [2.24, 2.45) is 5.92 Å². The first-order chi connectivity index (χ1) is 9.22. The van der Waals surface area contributed by atoms with Crippen LogP contribution in [0.3, 0.4) is 0 Å². The van der Waals surface area contributed by atoms with E-state index in [1.807, 2.05) is 4.68 Å². The highest BCUT2D eigenvalue weighted by atomic mass is 16.2. The maximum absolute atomic E-state index is 11.7. The summed E-state index contributed by atoms with van der Waals surface area (Å²) in [5, 5.41) is 9.96. The minimum absolute atomic E-state index is 0.198. The number of hydrogen-bond acceptors (Lipinski definition) is 3. The fraction of sp³-hybridized carbons (Fsp3) is 0.769. The van der Waals surface area contributed by atoms with Gasteiger partial charge in [0.25, 0.3) is 0 Å². The average molecular weight is 263 g/mol. The Hall–Kier alpha value is -1.59. The maximum atomic E-state index is 11.7. The Balaban J connectivity index is 1.53. The molecule has 6 nitrogen and oxygen atoms in total. The summed E-state index contributed by atoms with van der Waals surface area (Å²) in [6.07, 6.45) is 8.95. The fourth-order valence-corrected chi connectivity index (χ4v) is 2.68. The van der Waals surface area contributed by atoms with E-state index < -0.39 is 0 Å². The summed E-state index contributed by atoms with van der Waals surface area (Å²) in [5.41, 5.74) is 0. The van der Waals surface area contributed by atoms with Crippen LogP contribution in [0.25, 0.3) is 0 Å². The lowest BCUT2D eigenvalue weighted by Crippen LogP contribution is -2.31. The van der Waals surface area contributed by atoms with Crippen LogP contribution in [-0.4, -0.2) is 26.8 Å². The molecule has 2 saturated carbocycles. The second-order valence-corrected chi connectivity index (χ2v) is 5.76. The second-order valence-electron chi connectivity index (χ2n) is 5.76. The Morgan fingerprint density at radius 1 is 1.37 bits per heavy atom. The van der Waals surface area contributed by atoms with Crippen molar-refractivity contribution < 1.29 is 4.79 Å². The third-order valence-electron chi connectivity index (χ3n) is 4.11. The number of hydrogen-bond donors (Lipinski definition) is 2. The van der Waals surface area contributed by atoms with Gasteiger partial charge in [0.2, 0.25) is 5.95 Å². The molecule has 2 amide bonds. The predicted octanol–water partition coefficient (Wildman–Crippen LogP) is 2.31. The van der Waals surface area contributed by atoms with Crippen LogP contribution in [0.1, 0.15) is 51.5 Å². The highest BCUT2D eigenvalue weighted by Gasteiger charge is 2.34. The lowest BCUT2D eigenvalue weighted by molar-refractivity contribution is 0.251. The fourth-order valence-electron chi connectivity index (χ4n) is 2.68. The Morgan fingerprint density at radius 3 is 2.79 bits per heavy atom. The van der Waals surface area contributed by atoms with E-state index in [-0.39, 0.29) is 6.03 Å². The Labute approximate surface area is 113 Å². The quantitative estimate of drug-likeness (QED) is 0.879. The van der Waals surface area contributed by atoms with Gasteiger partial charge in [-0.15, -0.1) is 5.10 Å². The molecule has 0 saturated heterocycles. The minimum atomic E-state index is -0.198. The molecule has 0 unspecified atom stereocenters. The van der Waals surface area contributed by atoms with Gasteiger partial charge >= 0.3 is 6.03 Å². The Bertz CT molecular complexity index is 452. The Morgan fingerprint density at radius 2 is 2.11 bits per heavy atom.